The fraction of sp³-hybridized carbons (Fsp3) is 0.875. The van der Waals surface area contributed by atoms with Crippen molar-refractivity contribution in [2.24, 2.45) is 0 Å². The van der Waals surface area contributed by atoms with E-state index in [4.69, 9.17) is 5.73 Å². The fourth-order valence-corrected chi connectivity index (χ4v) is 0. The van der Waals surface area contributed by atoms with Gasteiger partial charge in [-0.2, -0.15) is 20.8 Å². The SMILES string of the molecule is CC(C)(C)[NH-].C[C-](C)C.[Y].[Y].[Y].[Y]. The van der Waals surface area contributed by atoms with Crippen LogP contribution in [0.5, 0.6) is 0 Å². The summed E-state index contributed by atoms with van der Waals surface area (Å²) in [6.45, 7) is 11.8. The summed E-state index contributed by atoms with van der Waals surface area (Å²) in [7, 11) is 0. The Morgan fingerprint density at radius 2 is 0.769 bits per heavy atom. The van der Waals surface area contributed by atoms with E-state index in [2.05, 4.69) is 20.8 Å². The van der Waals surface area contributed by atoms with Crippen molar-refractivity contribution in [3.05, 3.63) is 11.7 Å². The summed E-state index contributed by atoms with van der Waals surface area (Å²) >= 11 is 0. The van der Waals surface area contributed by atoms with Gasteiger partial charge >= 0.3 is 0 Å². The average molecular weight is 485 g/mol. The summed E-state index contributed by atoms with van der Waals surface area (Å²) in [5.41, 5.74) is 6.69. The van der Waals surface area contributed by atoms with Crippen LogP contribution in [-0.2, 0) is 131 Å². The van der Waals surface area contributed by atoms with E-state index < -0.39 is 0 Å². The summed E-state index contributed by atoms with van der Waals surface area (Å²) < 4.78 is 0. The second-order valence-corrected chi connectivity index (χ2v) is 3.75. The Morgan fingerprint density at radius 3 is 0.769 bits per heavy atom. The maximum Gasteiger partial charge on any atom is 0 e. The van der Waals surface area contributed by atoms with Crippen molar-refractivity contribution in [3.8, 4) is 0 Å². The van der Waals surface area contributed by atoms with Crippen molar-refractivity contribution >= 4 is 0 Å². The van der Waals surface area contributed by atoms with Gasteiger partial charge in [0.05, 0.1) is 0 Å². The van der Waals surface area contributed by atoms with Gasteiger partial charge in [0.1, 0.15) is 0 Å². The van der Waals surface area contributed by atoms with E-state index >= 15 is 0 Å². The van der Waals surface area contributed by atoms with E-state index in [1.165, 1.54) is 5.92 Å². The molecule has 70 valence electrons. The van der Waals surface area contributed by atoms with Crippen LogP contribution in [0, 0.1) is 5.92 Å². The van der Waals surface area contributed by atoms with Gasteiger partial charge in [-0.25, -0.2) is 0 Å². The minimum absolute atomic E-state index is 0. The van der Waals surface area contributed by atoms with Crippen LogP contribution in [0.3, 0.4) is 0 Å². The first-order valence-electron chi connectivity index (χ1n) is 3.25. The van der Waals surface area contributed by atoms with Crippen molar-refractivity contribution in [2.45, 2.75) is 47.1 Å². The molecule has 0 aromatic rings. The predicted molar refractivity (Wildman–Crippen MR) is 44.3 cm³/mol. The van der Waals surface area contributed by atoms with Gasteiger partial charge in [-0.3, -0.25) is 0 Å². The molecule has 0 rings (SSSR count). The summed E-state index contributed by atoms with van der Waals surface area (Å²) in [6.07, 6.45) is 0. The zero-order valence-electron chi connectivity index (χ0n) is 9.81. The number of nitrogens with one attached hydrogen (secondary N) is 1. The van der Waals surface area contributed by atoms with Gasteiger partial charge < -0.3 is 11.7 Å². The minimum Gasteiger partial charge on any atom is -0.673 e. The number of hydrogen-bond acceptors (Lipinski definition) is 0. The maximum atomic E-state index is 6.94. The quantitative estimate of drug-likeness (QED) is 0.470. The first-order chi connectivity index (χ1) is 3.73. The standard InChI is InChI=1S/C4H10N.C4H9.4Y/c1-4(2,3)5;1-4(2)3;;;;/h5H,1-3H3;1-3H3;;;;/q2*-1;;;;. The molecule has 0 aliphatic rings. The molecule has 13 heavy (non-hydrogen) atoms. The molecule has 0 fully saturated rings. The Bertz CT molecular complexity index is 52.9. The Hall–Kier alpha value is 4.38. The molecule has 1 nitrogen and oxygen atoms in total. The predicted octanol–water partition coefficient (Wildman–Crippen LogP) is 3.45. The Balaban J connectivity index is -0.0000000146. The van der Waals surface area contributed by atoms with E-state index in [1.807, 2.05) is 20.8 Å². The molecule has 0 amide bonds. The van der Waals surface area contributed by atoms with Crippen LogP contribution in [-0.4, -0.2) is 5.54 Å². The Morgan fingerprint density at radius 1 is 0.769 bits per heavy atom. The van der Waals surface area contributed by atoms with E-state index in [0.717, 1.165) is 0 Å². The van der Waals surface area contributed by atoms with Crippen LogP contribution in [0.25, 0.3) is 5.73 Å². The zero-order chi connectivity index (χ0) is 8.08. The van der Waals surface area contributed by atoms with E-state index in [0.29, 0.717) is 0 Å². The molecule has 5 heteroatoms. The maximum absolute atomic E-state index is 6.94. The minimum atomic E-state index is -0.250. The van der Waals surface area contributed by atoms with Crippen molar-refractivity contribution in [3.63, 3.8) is 0 Å². The van der Waals surface area contributed by atoms with Crippen LogP contribution in [0.4, 0.5) is 0 Å². The molecule has 0 aromatic heterocycles. The third-order valence-corrected chi connectivity index (χ3v) is 0. The van der Waals surface area contributed by atoms with Crippen molar-refractivity contribution in [1.82, 2.24) is 0 Å². The number of hydrogen-bond donors (Lipinski definition) is 0. The van der Waals surface area contributed by atoms with Gasteiger partial charge in [0, 0.05) is 131 Å². The van der Waals surface area contributed by atoms with Crippen molar-refractivity contribution in [1.29, 1.82) is 0 Å². The second kappa shape index (κ2) is 21.6. The summed E-state index contributed by atoms with van der Waals surface area (Å²) in [4.78, 5) is 0. The largest absolute Gasteiger partial charge is 0.673 e. The molecule has 0 unspecified atom stereocenters. The normalized spacial score (nSPS) is 7.38. The smallest absolute Gasteiger partial charge is 0 e. The zero-order valence-corrected chi connectivity index (χ0v) is 21.2. The molecule has 4 radical (unpaired) electrons. The van der Waals surface area contributed by atoms with E-state index in [1.54, 1.807) is 0 Å². The van der Waals surface area contributed by atoms with E-state index in [-0.39, 0.29) is 136 Å². The Kier molecular flexibility index (Phi) is 59.9. The molecule has 0 bridgehead atoms. The first kappa shape index (κ1) is 36.0. The van der Waals surface area contributed by atoms with Gasteiger partial charge in [-0.15, -0.1) is 5.54 Å². The van der Waals surface area contributed by atoms with Crippen molar-refractivity contribution < 1.29 is 131 Å². The van der Waals surface area contributed by atoms with Crippen LogP contribution >= 0.6 is 0 Å². The monoisotopic (exact) mass is 485 g/mol. The molecule has 0 spiro atoms. The molecule has 1 N–H and O–H groups in total. The van der Waals surface area contributed by atoms with Crippen LogP contribution < -0.4 is 0 Å². The topological polar surface area (TPSA) is 23.8 Å². The van der Waals surface area contributed by atoms with Crippen LogP contribution in [0.2, 0.25) is 0 Å². The van der Waals surface area contributed by atoms with Gasteiger partial charge in [-0.05, 0) is 0 Å². The molecule has 0 aliphatic carbocycles. The summed E-state index contributed by atoms with van der Waals surface area (Å²) in [6, 6.07) is 0. The summed E-state index contributed by atoms with van der Waals surface area (Å²) in [5.74, 6) is 1.42. The van der Waals surface area contributed by atoms with Crippen molar-refractivity contribution in [2.75, 3.05) is 0 Å². The van der Waals surface area contributed by atoms with Crippen LogP contribution in [0.15, 0.2) is 0 Å². The van der Waals surface area contributed by atoms with Gasteiger partial charge in [0.15, 0.2) is 0 Å². The summed E-state index contributed by atoms with van der Waals surface area (Å²) in [5, 5.41) is 0. The molecule has 0 saturated carbocycles. The average Bonchev–Trinajstić information content (AvgIpc) is 1.19. The molecule has 0 atom stereocenters. The van der Waals surface area contributed by atoms with Gasteiger partial charge in [-0.1, -0.05) is 20.8 Å². The molecular formula is C8H19NY4-2. The Labute approximate surface area is 185 Å². The molecule has 0 saturated heterocycles. The number of rotatable bonds is 0. The van der Waals surface area contributed by atoms with Gasteiger partial charge in [0.2, 0.25) is 0 Å². The molecular weight excluding hydrogens is 466 g/mol. The fourth-order valence-electron chi connectivity index (χ4n) is 0. The van der Waals surface area contributed by atoms with E-state index in [9.17, 15) is 0 Å². The molecule has 0 aliphatic heterocycles. The third-order valence-electron chi connectivity index (χ3n) is 0. The van der Waals surface area contributed by atoms with Crippen LogP contribution in [0.1, 0.15) is 41.5 Å². The molecule has 0 heterocycles. The van der Waals surface area contributed by atoms with Gasteiger partial charge in [0.25, 0.3) is 0 Å². The molecule has 0 aromatic carbocycles. The first-order valence-corrected chi connectivity index (χ1v) is 3.25. The third kappa shape index (κ3) is 177. The second-order valence-electron chi connectivity index (χ2n) is 3.75.